The molecule has 0 amide bonds. The van der Waals surface area contributed by atoms with E-state index < -0.39 is 0 Å². The van der Waals surface area contributed by atoms with Gasteiger partial charge in [-0.3, -0.25) is 0 Å². The lowest BCUT2D eigenvalue weighted by atomic mass is 9.94. The molecule has 0 radical (unpaired) electrons. The fourth-order valence-corrected chi connectivity index (χ4v) is 2.94. The van der Waals surface area contributed by atoms with Crippen LogP contribution < -0.4 is 0 Å². The zero-order valence-electron chi connectivity index (χ0n) is 17.4. The van der Waals surface area contributed by atoms with Gasteiger partial charge in [0.25, 0.3) is 0 Å². The number of ether oxygens (including phenoxy) is 1. The summed E-state index contributed by atoms with van der Waals surface area (Å²) >= 11 is 0. The first kappa shape index (κ1) is 21.6. The van der Waals surface area contributed by atoms with E-state index in [1.807, 2.05) is 13.1 Å². The highest BCUT2D eigenvalue weighted by atomic mass is 16.5. The van der Waals surface area contributed by atoms with Crippen molar-refractivity contribution in [3.8, 4) is 11.1 Å². The fourth-order valence-electron chi connectivity index (χ4n) is 2.94. The SMILES string of the molecule is C=C(C)OCC/C=N/N=C(\CCCC)c1ccccc1-c1ccc(CC)cc1. The van der Waals surface area contributed by atoms with Crippen LogP contribution in [0.1, 0.15) is 57.6 Å². The van der Waals surface area contributed by atoms with Crippen LogP contribution in [0.15, 0.2) is 71.1 Å². The summed E-state index contributed by atoms with van der Waals surface area (Å²) in [6, 6.07) is 17.3. The molecule has 2 rings (SSSR count). The Morgan fingerprint density at radius 3 is 2.50 bits per heavy atom. The smallest absolute Gasteiger partial charge is 0.0927 e. The van der Waals surface area contributed by atoms with Crippen LogP contribution in [0.25, 0.3) is 11.1 Å². The summed E-state index contributed by atoms with van der Waals surface area (Å²) in [4.78, 5) is 0. The largest absolute Gasteiger partial charge is 0.498 e. The Balaban J connectivity index is 2.26. The molecule has 0 unspecified atom stereocenters. The minimum Gasteiger partial charge on any atom is -0.498 e. The van der Waals surface area contributed by atoms with E-state index >= 15 is 0 Å². The molecular formula is C25H32N2O. The lowest BCUT2D eigenvalue weighted by molar-refractivity contribution is 0.225. The zero-order chi connectivity index (χ0) is 20.2. The van der Waals surface area contributed by atoms with Crippen molar-refractivity contribution in [3.63, 3.8) is 0 Å². The molecule has 2 aromatic carbocycles. The summed E-state index contributed by atoms with van der Waals surface area (Å²) in [5.74, 6) is 0.726. The van der Waals surface area contributed by atoms with Gasteiger partial charge in [-0.25, -0.2) is 0 Å². The van der Waals surface area contributed by atoms with Crippen LogP contribution >= 0.6 is 0 Å². The topological polar surface area (TPSA) is 34.0 Å². The molecule has 0 N–H and O–H groups in total. The predicted molar refractivity (Wildman–Crippen MR) is 121 cm³/mol. The van der Waals surface area contributed by atoms with Gasteiger partial charge in [-0.1, -0.05) is 75.4 Å². The van der Waals surface area contributed by atoms with Crippen LogP contribution in [-0.2, 0) is 11.2 Å². The highest BCUT2D eigenvalue weighted by Gasteiger charge is 2.11. The number of hydrogen-bond acceptors (Lipinski definition) is 3. The number of hydrogen-bond donors (Lipinski definition) is 0. The predicted octanol–water partition coefficient (Wildman–Crippen LogP) is 6.82. The van der Waals surface area contributed by atoms with Crippen molar-refractivity contribution in [2.24, 2.45) is 10.2 Å². The highest BCUT2D eigenvalue weighted by Crippen LogP contribution is 2.26. The van der Waals surface area contributed by atoms with Crippen LogP contribution in [0.2, 0.25) is 0 Å². The van der Waals surface area contributed by atoms with Gasteiger partial charge < -0.3 is 4.74 Å². The summed E-state index contributed by atoms with van der Waals surface area (Å²) < 4.78 is 5.36. The summed E-state index contributed by atoms with van der Waals surface area (Å²) in [7, 11) is 0. The summed E-state index contributed by atoms with van der Waals surface area (Å²) in [6.07, 6.45) is 6.72. The Bertz CT molecular complexity index is 804. The van der Waals surface area contributed by atoms with Crippen LogP contribution in [0.5, 0.6) is 0 Å². The lowest BCUT2D eigenvalue weighted by Crippen LogP contribution is -2.03. The minimum atomic E-state index is 0.582. The molecule has 0 atom stereocenters. The van der Waals surface area contributed by atoms with Crippen molar-refractivity contribution in [1.29, 1.82) is 0 Å². The van der Waals surface area contributed by atoms with E-state index in [0.29, 0.717) is 6.61 Å². The normalized spacial score (nSPS) is 11.8. The second-order valence-electron chi connectivity index (χ2n) is 6.88. The molecule has 0 heterocycles. The van der Waals surface area contributed by atoms with E-state index in [4.69, 9.17) is 4.74 Å². The Kier molecular flexibility index (Phi) is 9.20. The van der Waals surface area contributed by atoms with Crippen molar-refractivity contribution in [1.82, 2.24) is 0 Å². The van der Waals surface area contributed by atoms with E-state index in [1.165, 1.54) is 16.7 Å². The van der Waals surface area contributed by atoms with Crippen molar-refractivity contribution in [3.05, 3.63) is 72.0 Å². The second-order valence-corrected chi connectivity index (χ2v) is 6.88. The summed E-state index contributed by atoms with van der Waals surface area (Å²) in [5.41, 5.74) is 5.98. The van der Waals surface area contributed by atoms with Crippen LogP contribution in [0, 0.1) is 0 Å². The number of allylic oxidation sites excluding steroid dienone is 1. The van der Waals surface area contributed by atoms with Crippen LogP contribution in [0.4, 0.5) is 0 Å². The number of rotatable bonds is 11. The molecule has 0 bridgehead atoms. The molecule has 0 spiro atoms. The Hall–Kier alpha value is -2.68. The molecule has 3 nitrogen and oxygen atoms in total. The first-order chi connectivity index (χ1) is 13.7. The molecule has 148 valence electrons. The van der Waals surface area contributed by atoms with Gasteiger partial charge in [-0.15, -0.1) is 0 Å². The van der Waals surface area contributed by atoms with Gasteiger partial charge in [0.1, 0.15) is 0 Å². The third kappa shape index (κ3) is 6.80. The lowest BCUT2D eigenvalue weighted by Gasteiger charge is -2.12. The number of benzene rings is 2. The maximum absolute atomic E-state index is 5.36. The molecule has 0 fully saturated rings. The summed E-state index contributed by atoms with van der Waals surface area (Å²) in [5, 5.41) is 8.89. The molecule has 0 aliphatic rings. The minimum absolute atomic E-state index is 0.582. The van der Waals surface area contributed by atoms with Gasteiger partial charge in [0, 0.05) is 18.2 Å². The molecular weight excluding hydrogens is 344 g/mol. The molecule has 2 aromatic rings. The second kappa shape index (κ2) is 11.9. The fraction of sp³-hybridized carbons (Fsp3) is 0.360. The van der Waals surface area contributed by atoms with Crippen LogP contribution in [0.3, 0.4) is 0 Å². The number of unbranched alkanes of at least 4 members (excludes halogenated alkanes) is 1. The third-order valence-corrected chi connectivity index (χ3v) is 4.53. The van der Waals surface area contributed by atoms with E-state index in [9.17, 15) is 0 Å². The molecule has 0 aliphatic carbocycles. The zero-order valence-corrected chi connectivity index (χ0v) is 17.4. The molecule has 0 saturated heterocycles. The number of nitrogens with zero attached hydrogens (tertiary/aromatic N) is 2. The molecule has 3 heteroatoms. The molecule has 0 aromatic heterocycles. The van der Waals surface area contributed by atoms with E-state index in [1.54, 1.807) is 0 Å². The van der Waals surface area contributed by atoms with Gasteiger partial charge >= 0.3 is 0 Å². The Morgan fingerprint density at radius 2 is 1.82 bits per heavy atom. The van der Waals surface area contributed by atoms with Crippen molar-refractivity contribution in [2.45, 2.75) is 52.9 Å². The molecule has 28 heavy (non-hydrogen) atoms. The first-order valence-electron chi connectivity index (χ1n) is 10.2. The maximum Gasteiger partial charge on any atom is 0.0927 e. The average Bonchev–Trinajstić information content (AvgIpc) is 2.72. The summed E-state index contributed by atoms with van der Waals surface area (Å²) in [6.45, 7) is 10.5. The van der Waals surface area contributed by atoms with Crippen LogP contribution in [-0.4, -0.2) is 18.5 Å². The van der Waals surface area contributed by atoms with E-state index in [-0.39, 0.29) is 0 Å². The first-order valence-corrected chi connectivity index (χ1v) is 10.2. The Labute approximate surface area is 169 Å². The quantitative estimate of drug-likeness (QED) is 0.183. The third-order valence-electron chi connectivity index (χ3n) is 4.53. The molecule has 0 saturated carbocycles. The van der Waals surface area contributed by atoms with Gasteiger partial charge in [-0.05, 0) is 42.9 Å². The Morgan fingerprint density at radius 1 is 1.07 bits per heavy atom. The van der Waals surface area contributed by atoms with Crippen molar-refractivity contribution >= 4 is 11.9 Å². The standard InChI is InChI=1S/C25H32N2O/c1-5-7-13-25(27-26-18-10-19-28-20(3)4)24-12-9-8-11-23(24)22-16-14-21(6-2)15-17-22/h8-9,11-12,14-18H,3,5-7,10,13,19H2,1-2,4H3/b26-18+,27-25+. The van der Waals surface area contributed by atoms with Crippen molar-refractivity contribution in [2.75, 3.05) is 6.61 Å². The highest BCUT2D eigenvalue weighted by molar-refractivity contribution is 6.06. The van der Waals surface area contributed by atoms with Crippen molar-refractivity contribution < 1.29 is 4.74 Å². The van der Waals surface area contributed by atoms with Gasteiger partial charge in [0.2, 0.25) is 0 Å². The average molecular weight is 377 g/mol. The number of aryl methyl sites for hydroxylation is 1. The maximum atomic E-state index is 5.36. The van der Waals surface area contributed by atoms with Gasteiger partial charge in [0.15, 0.2) is 0 Å². The van der Waals surface area contributed by atoms with Gasteiger partial charge in [0.05, 0.1) is 18.1 Å². The molecule has 0 aliphatic heterocycles. The van der Waals surface area contributed by atoms with Gasteiger partial charge in [-0.2, -0.15) is 10.2 Å². The van der Waals surface area contributed by atoms with E-state index in [0.717, 1.165) is 49.1 Å². The monoisotopic (exact) mass is 376 g/mol. The van der Waals surface area contributed by atoms with E-state index in [2.05, 4.69) is 79.2 Å².